The SMILES string of the molecule is CN(C)CCNC(=O)CC(=O)Nc1ccc(F)cc1. The van der Waals surface area contributed by atoms with Crippen LogP contribution in [0.5, 0.6) is 0 Å². The second-order valence-corrected chi connectivity index (χ2v) is 4.39. The zero-order valence-electron chi connectivity index (χ0n) is 11.1. The highest BCUT2D eigenvalue weighted by molar-refractivity contribution is 6.03. The average molecular weight is 267 g/mol. The lowest BCUT2D eigenvalue weighted by molar-refractivity contribution is -0.126. The quantitative estimate of drug-likeness (QED) is 0.751. The van der Waals surface area contributed by atoms with Gasteiger partial charge < -0.3 is 15.5 Å². The van der Waals surface area contributed by atoms with Crippen LogP contribution in [-0.2, 0) is 9.59 Å². The molecule has 2 amide bonds. The third-order valence-corrected chi connectivity index (χ3v) is 2.33. The lowest BCUT2D eigenvalue weighted by Crippen LogP contribution is -2.33. The van der Waals surface area contributed by atoms with Crippen molar-refractivity contribution in [2.24, 2.45) is 0 Å². The summed E-state index contributed by atoms with van der Waals surface area (Å²) in [6.07, 6.45) is -0.245. The summed E-state index contributed by atoms with van der Waals surface area (Å²) >= 11 is 0. The number of hydrogen-bond acceptors (Lipinski definition) is 3. The Morgan fingerprint density at radius 3 is 2.37 bits per heavy atom. The summed E-state index contributed by atoms with van der Waals surface area (Å²) in [5.74, 6) is -1.13. The first kappa shape index (κ1) is 15.1. The van der Waals surface area contributed by atoms with Gasteiger partial charge in [-0.3, -0.25) is 9.59 Å². The highest BCUT2D eigenvalue weighted by Gasteiger charge is 2.09. The van der Waals surface area contributed by atoms with E-state index in [1.54, 1.807) is 0 Å². The molecule has 0 aliphatic heterocycles. The topological polar surface area (TPSA) is 61.4 Å². The molecule has 0 aromatic heterocycles. The highest BCUT2D eigenvalue weighted by atomic mass is 19.1. The fourth-order valence-electron chi connectivity index (χ4n) is 1.37. The summed E-state index contributed by atoms with van der Waals surface area (Å²) in [4.78, 5) is 24.9. The number of anilines is 1. The molecule has 0 spiro atoms. The molecule has 2 N–H and O–H groups in total. The van der Waals surface area contributed by atoms with Gasteiger partial charge in [0.2, 0.25) is 11.8 Å². The molecule has 0 heterocycles. The van der Waals surface area contributed by atoms with E-state index in [0.29, 0.717) is 18.8 Å². The number of halogens is 1. The maximum absolute atomic E-state index is 12.7. The Labute approximate surface area is 111 Å². The Hall–Kier alpha value is -1.95. The first-order valence-corrected chi connectivity index (χ1v) is 5.94. The standard InChI is InChI=1S/C13H18FN3O2/c1-17(2)8-7-15-12(18)9-13(19)16-11-5-3-10(14)4-6-11/h3-6H,7-9H2,1-2H3,(H,15,18)(H,16,19). The van der Waals surface area contributed by atoms with Crippen molar-refractivity contribution in [2.45, 2.75) is 6.42 Å². The minimum Gasteiger partial charge on any atom is -0.354 e. The molecule has 1 rings (SSSR count). The Balaban J connectivity index is 2.30. The van der Waals surface area contributed by atoms with Gasteiger partial charge in [-0.25, -0.2) is 4.39 Å². The molecule has 0 atom stereocenters. The molecule has 0 radical (unpaired) electrons. The first-order chi connectivity index (χ1) is 8.97. The molecule has 1 aromatic carbocycles. The zero-order valence-corrected chi connectivity index (χ0v) is 11.1. The number of amides is 2. The Morgan fingerprint density at radius 1 is 1.16 bits per heavy atom. The second kappa shape index (κ2) is 7.48. The van der Waals surface area contributed by atoms with Gasteiger partial charge in [-0.1, -0.05) is 0 Å². The van der Waals surface area contributed by atoms with Crippen molar-refractivity contribution in [3.05, 3.63) is 30.1 Å². The molecule has 6 heteroatoms. The number of carbonyl (C=O) groups is 2. The molecule has 1 aromatic rings. The van der Waals surface area contributed by atoms with E-state index in [-0.39, 0.29) is 18.1 Å². The Morgan fingerprint density at radius 2 is 1.79 bits per heavy atom. The van der Waals surface area contributed by atoms with Gasteiger partial charge in [0, 0.05) is 18.8 Å². The van der Waals surface area contributed by atoms with E-state index in [0.717, 1.165) is 0 Å². The van der Waals surface area contributed by atoms with E-state index in [1.165, 1.54) is 24.3 Å². The Kier molecular flexibility index (Phi) is 5.95. The number of nitrogens with one attached hydrogen (secondary N) is 2. The molecular formula is C13H18FN3O2. The molecule has 104 valence electrons. The normalized spacial score (nSPS) is 10.3. The van der Waals surface area contributed by atoms with E-state index >= 15 is 0 Å². The summed E-state index contributed by atoms with van der Waals surface area (Å²) in [5.41, 5.74) is 0.465. The van der Waals surface area contributed by atoms with Crippen LogP contribution < -0.4 is 10.6 Å². The number of hydrogen-bond donors (Lipinski definition) is 2. The molecule has 0 fully saturated rings. The van der Waals surface area contributed by atoms with Crippen molar-refractivity contribution in [1.29, 1.82) is 0 Å². The van der Waals surface area contributed by atoms with Gasteiger partial charge >= 0.3 is 0 Å². The summed E-state index contributed by atoms with van der Waals surface area (Å²) in [5, 5.41) is 5.16. The van der Waals surface area contributed by atoms with Crippen molar-refractivity contribution in [2.75, 3.05) is 32.5 Å². The van der Waals surface area contributed by atoms with Crippen molar-refractivity contribution in [3.8, 4) is 0 Å². The third kappa shape index (κ3) is 6.52. The minimum absolute atomic E-state index is 0.245. The maximum atomic E-state index is 12.7. The predicted molar refractivity (Wildman–Crippen MR) is 71.2 cm³/mol. The number of likely N-dealkylation sites (N-methyl/N-ethyl adjacent to an activating group) is 1. The first-order valence-electron chi connectivity index (χ1n) is 5.94. The lowest BCUT2D eigenvalue weighted by atomic mass is 10.3. The van der Waals surface area contributed by atoms with Crippen LogP contribution in [0.1, 0.15) is 6.42 Å². The molecule has 19 heavy (non-hydrogen) atoms. The van der Waals surface area contributed by atoms with Crippen LogP contribution in [0.3, 0.4) is 0 Å². The predicted octanol–water partition coefficient (Wildman–Crippen LogP) is 0.832. The van der Waals surface area contributed by atoms with Crippen LogP contribution in [0.2, 0.25) is 0 Å². The van der Waals surface area contributed by atoms with Gasteiger partial charge in [0.05, 0.1) is 0 Å². The van der Waals surface area contributed by atoms with Crippen LogP contribution in [0.4, 0.5) is 10.1 Å². The third-order valence-electron chi connectivity index (χ3n) is 2.33. The molecule has 0 bridgehead atoms. The smallest absolute Gasteiger partial charge is 0.233 e. The maximum Gasteiger partial charge on any atom is 0.233 e. The van der Waals surface area contributed by atoms with Gasteiger partial charge in [-0.05, 0) is 38.4 Å². The second-order valence-electron chi connectivity index (χ2n) is 4.39. The molecule has 5 nitrogen and oxygen atoms in total. The van der Waals surface area contributed by atoms with Crippen molar-refractivity contribution in [1.82, 2.24) is 10.2 Å². The van der Waals surface area contributed by atoms with Gasteiger partial charge in [0.25, 0.3) is 0 Å². The van der Waals surface area contributed by atoms with E-state index in [4.69, 9.17) is 0 Å². The summed E-state index contributed by atoms with van der Waals surface area (Å²) in [6, 6.07) is 5.37. The fourth-order valence-corrected chi connectivity index (χ4v) is 1.37. The van der Waals surface area contributed by atoms with Crippen molar-refractivity contribution in [3.63, 3.8) is 0 Å². The number of carbonyl (C=O) groups excluding carboxylic acids is 2. The van der Waals surface area contributed by atoms with E-state index in [1.807, 2.05) is 19.0 Å². The Bertz CT molecular complexity index is 432. The molecule has 0 saturated heterocycles. The van der Waals surface area contributed by atoms with Crippen molar-refractivity contribution >= 4 is 17.5 Å². The minimum atomic E-state index is -0.422. The monoisotopic (exact) mass is 267 g/mol. The van der Waals surface area contributed by atoms with Crippen LogP contribution in [0.25, 0.3) is 0 Å². The summed E-state index contributed by atoms with van der Waals surface area (Å²) < 4.78 is 12.7. The fraction of sp³-hybridized carbons (Fsp3) is 0.385. The summed E-state index contributed by atoms with van der Waals surface area (Å²) in [6.45, 7) is 1.21. The number of benzene rings is 1. The van der Waals surface area contributed by atoms with Gasteiger partial charge in [0.15, 0.2) is 0 Å². The molecular weight excluding hydrogens is 249 g/mol. The van der Waals surface area contributed by atoms with Crippen LogP contribution >= 0.6 is 0 Å². The van der Waals surface area contributed by atoms with Gasteiger partial charge in [-0.15, -0.1) is 0 Å². The zero-order chi connectivity index (χ0) is 14.3. The van der Waals surface area contributed by atoms with E-state index in [9.17, 15) is 14.0 Å². The van der Waals surface area contributed by atoms with Crippen LogP contribution in [-0.4, -0.2) is 43.9 Å². The van der Waals surface area contributed by atoms with Crippen LogP contribution in [0, 0.1) is 5.82 Å². The van der Waals surface area contributed by atoms with Gasteiger partial charge in [-0.2, -0.15) is 0 Å². The molecule has 0 unspecified atom stereocenters. The number of nitrogens with zero attached hydrogens (tertiary/aromatic N) is 1. The highest BCUT2D eigenvalue weighted by Crippen LogP contribution is 2.08. The van der Waals surface area contributed by atoms with Crippen LogP contribution in [0.15, 0.2) is 24.3 Å². The van der Waals surface area contributed by atoms with E-state index in [2.05, 4.69) is 10.6 Å². The van der Waals surface area contributed by atoms with E-state index < -0.39 is 5.91 Å². The average Bonchev–Trinajstić information content (AvgIpc) is 2.31. The molecule has 0 aliphatic carbocycles. The number of rotatable bonds is 6. The largest absolute Gasteiger partial charge is 0.354 e. The lowest BCUT2D eigenvalue weighted by Gasteiger charge is -2.10. The molecule has 0 aliphatic rings. The molecule has 0 saturated carbocycles. The van der Waals surface area contributed by atoms with Crippen molar-refractivity contribution < 1.29 is 14.0 Å². The van der Waals surface area contributed by atoms with Gasteiger partial charge in [0.1, 0.15) is 12.2 Å². The summed E-state index contributed by atoms with van der Waals surface area (Å²) in [7, 11) is 3.79.